The molecule has 3 rings (SSSR count). The zero-order valence-electron chi connectivity index (χ0n) is 13.8. The molecule has 2 aromatic rings. The van der Waals surface area contributed by atoms with E-state index >= 15 is 0 Å². The van der Waals surface area contributed by atoms with E-state index in [1.165, 1.54) is 0 Å². The first-order valence-corrected chi connectivity index (χ1v) is 8.37. The van der Waals surface area contributed by atoms with Crippen LogP contribution in [-0.4, -0.2) is 37.2 Å². The molecule has 0 aromatic carbocycles. The number of anilines is 1. The lowest BCUT2D eigenvalue weighted by Gasteiger charge is -2.34. The van der Waals surface area contributed by atoms with Gasteiger partial charge in [0.25, 0.3) is 5.91 Å². The zero-order chi connectivity index (χ0) is 17.4. The molecular weight excluding hydrogens is 330 g/mol. The van der Waals surface area contributed by atoms with Crippen LogP contribution in [0.3, 0.4) is 0 Å². The third-order valence-electron chi connectivity index (χ3n) is 4.07. The second-order valence-corrected chi connectivity index (χ2v) is 6.67. The topological polar surface area (TPSA) is 114 Å². The summed E-state index contributed by atoms with van der Waals surface area (Å²) in [4.78, 5) is 24.9. The number of aryl methyl sites for hydroxylation is 2. The lowest BCUT2D eigenvalue weighted by atomic mass is 10.0. The molecule has 9 nitrogen and oxygen atoms in total. The SMILES string of the molecule is Cc1cc(NC(=O)c2snnc2C)n(C2NC(=O)C(C)C(C)N2)n1. The number of hydrogen-bond donors (Lipinski definition) is 3. The summed E-state index contributed by atoms with van der Waals surface area (Å²) in [6, 6.07) is 1.74. The van der Waals surface area contributed by atoms with Crippen molar-refractivity contribution < 1.29 is 9.59 Å². The van der Waals surface area contributed by atoms with Gasteiger partial charge in [-0.05, 0) is 32.3 Å². The van der Waals surface area contributed by atoms with Crippen molar-refractivity contribution in [1.29, 1.82) is 0 Å². The van der Waals surface area contributed by atoms with Gasteiger partial charge in [0, 0.05) is 12.1 Å². The van der Waals surface area contributed by atoms with Crippen molar-refractivity contribution in [3.05, 3.63) is 22.3 Å². The van der Waals surface area contributed by atoms with Gasteiger partial charge in [-0.2, -0.15) is 5.10 Å². The van der Waals surface area contributed by atoms with Gasteiger partial charge in [0.15, 0.2) is 6.29 Å². The molecule has 0 bridgehead atoms. The highest BCUT2D eigenvalue weighted by Crippen LogP contribution is 2.20. The van der Waals surface area contributed by atoms with Crippen molar-refractivity contribution in [3.63, 3.8) is 0 Å². The molecule has 3 heterocycles. The maximum Gasteiger partial charge on any atom is 0.270 e. The van der Waals surface area contributed by atoms with Crippen LogP contribution >= 0.6 is 11.5 Å². The molecule has 1 aliphatic rings. The Kier molecular flexibility index (Phi) is 4.33. The molecule has 0 aliphatic carbocycles. The van der Waals surface area contributed by atoms with Gasteiger partial charge in [0.05, 0.1) is 17.3 Å². The summed E-state index contributed by atoms with van der Waals surface area (Å²) in [6.07, 6.45) is -0.520. The van der Waals surface area contributed by atoms with Crippen LogP contribution in [0.4, 0.5) is 5.82 Å². The maximum absolute atomic E-state index is 12.4. The fourth-order valence-corrected chi connectivity index (χ4v) is 3.03. The van der Waals surface area contributed by atoms with Crippen LogP contribution in [-0.2, 0) is 4.79 Å². The van der Waals surface area contributed by atoms with Gasteiger partial charge in [-0.25, -0.2) is 4.68 Å². The summed E-state index contributed by atoms with van der Waals surface area (Å²) in [6.45, 7) is 7.35. The molecule has 3 atom stereocenters. The first kappa shape index (κ1) is 16.5. The molecule has 1 aliphatic heterocycles. The van der Waals surface area contributed by atoms with Crippen molar-refractivity contribution in [2.45, 2.75) is 40.0 Å². The molecule has 0 spiro atoms. The Bertz CT molecular complexity index is 784. The van der Waals surface area contributed by atoms with E-state index in [1.54, 1.807) is 17.7 Å². The lowest BCUT2D eigenvalue weighted by Crippen LogP contribution is -2.57. The van der Waals surface area contributed by atoms with Crippen molar-refractivity contribution >= 4 is 29.2 Å². The number of carbonyl (C=O) groups excluding carboxylic acids is 2. The van der Waals surface area contributed by atoms with Gasteiger partial charge >= 0.3 is 0 Å². The van der Waals surface area contributed by atoms with Crippen molar-refractivity contribution in [2.75, 3.05) is 5.32 Å². The minimum Gasteiger partial charge on any atom is -0.322 e. The van der Waals surface area contributed by atoms with E-state index in [-0.39, 0.29) is 23.8 Å². The molecule has 24 heavy (non-hydrogen) atoms. The quantitative estimate of drug-likeness (QED) is 0.755. The molecule has 0 saturated carbocycles. The summed E-state index contributed by atoms with van der Waals surface area (Å²) in [7, 11) is 0. The third-order valence-corrected chi connectivity index (χ3v) is 4.89. The standard InChI is InChI=1S/C14H19N7O2S/c1-6-5-10(16-13(23)11-9(4)18-20-24-11)21(19-6)14-15-8(3)7(2)12(22)17-14/h5,7-8,14-15H,1-4H3,(H,16,23)(H,17,22). The van der Waals surface area contributed by atoms with Crippen molar-refractivity contribution in [1.82, 2.24) is 30.0 Å². The highest BCUT2D eigenvalue weighted by molar-refractivity contribution is 7.08. The smallest absolute Gasteiger partial charge is 0.270 e. The van der Waals surface area contributed by atoms with Crippen LogP contribution in [0.15, 0.2) is 6.07 Å². The van der Waals surface area contributed by atoms with Crippen LogP contribution in [0.2, 0.25) is 0 Å². The number of carbonyl (C=O) groups is 2. The molecule has 0 radical (unpaired) electrons. The van der Waals surface area contributed by atoms with Gasteiger partial charge in [-0.1, -0.05) is 11.4 Å². The highest BCUT2D eigenvalue weighted by atomic mass is 32.1. The Balaban J connectivity index is 1.85. The molecule has 128 valence electrons. The Morgan fingerprint density at radius 1 is 1.38 bits per heavy atom. The minimum absolute atomic E-state index is 0.00949. The summed E-state index contributed by atoms with van der Waals surface area (Å²) < 4.78 is 5.34. The van der Waals surface area contributed by atoms with Crippen LogP contribution in [0.25, 0.3) is 0 Å². The van der Waals surface area contributed by atoms with Crippen molar-refractivity contribution in [3.8, 4) is 0 Å². The van der Waals surface area contributed by atoms with E-state index < -0.39 is 6.29 Å². The second kappa shape index (κ2) is 6.29. The van der Waals surface area contributed by atoms with Crippen molar-refractivity contribution in [2.24, 2.45) is 5.92 Å². The predicted molar refractivity (Wildman–Crippen MR) is 88.5 cm³/mol. The normalized spacial score (nSPS) is 23.8. The number of nitrogens with zero attached hydrogens (tertiary/aromatic N) is 4. The van der Waals surface area contributed by atoms with Crippen LogP contribution in [0.1, 0.15) is 41.2 Å². The number of aromatic nitrogens is 4. The van der Waals surface area contributed by atoms with E-state index in [2.05, 4.69) is 30.6 Å². The van der Waals surface area contributed by atoms with Crippen LogP contribution < -0.4 is 16.0 Å². The van der Waals surface area contributed by atoms with Gasteiger partial charge in [-0.3, -0.25) is 14.9 Å². The summed E-state index contributed by atoms with van der Waals surface area (Å²) in [5.74, 6) is -0.00176. The Morgan fingerprint density at radius 3 is 2.75 bits per heavy atom. The number of rotatable bonds is 3. The summed E-state index contributed by atoms with van der Waals surface area (Å²) in [5, 5.41) is 17.2. The zero-order valence-corrected chi connectivity index (χ0v) is 14.6. The Morgan fingerprint density at radius 2 is 2.12 bits per heavy atom. The molecule has 1 fully saturated rings. The maximum atomic E-state index is 12.4. The fraction of sp³-hybridized carbons (Fsp3) is 0.500. The van der Waals surface area contributed by atoms with Gasteiger partial charge in [-0.15, -0.1) is 5.10 Å². The van der Waals surface area contributed by atoms with E-state index in [4.69, 9.17) is 0 Å². The molecule has 3 unspecified atom stereocenters. The first-order chi connectivity index (χ1) is 11.4. The molecule has 1 saturated heterocycles. The van der Waals surface area contributed by atoms with Crippen LogP contribution in [0.5, 0.6) is 0 Å². The summed E-state index contributed by atoms with van der Waals surface area (Å²) >= 11 is 1.04. The lowest BCUT2D eigenvalue weighted by molar-refractivity contribution is -0.130. The molecule has 3 N–H and O–H groups in total. The van der Waals surface area contributed by atoms with Gasteiger partial charge < -0.3 is 10.6 Å². The molecule has 2 aromatic heterocycles. The highest BCUT2D eigenvalue weighted by Gasteiger charge is 2.32. The largest absolute Gasteiger partial charge is 0.322 e. The first-order valence-electron chi connectivity index (χ1n) is 7.59. The molecular formula is C14H19N7O2S. The monoisotopic (exact) mass is 349 g/mol. The summed E-state index contributed by atoms with van der Waals surface area (Å²) in [5.41, 5.74) is 1.30. The average molecular weight is 349 g/mol. The van der Waals surface area contributed by atoms with Gasteiger partial charge in [0.1, 0.15) is 10.7 Å². The van der Waals surface area contributed by atoms with E-state index in [1.807, 2.05) is 20.8 Å². The van der Waals surface area contributed by atoms with E-state index in [0.29, 0.717) is 16.4 Å². The van der Waals surface area contributed by atoms with Crippen LogP contribution in [0, 0.1) is 19.8 Å². The second-order valence-electron chi connectivity index (χ2n) is 5.91. The van der Waals surface area contributed by atoms with E-state index in [0.717, 1.165) is 17.2 Å². The number of nitrogens with one attached hydrogen (secondary N) is 3. The Labute approximate surface area is 143 Å². The number of hydrogen-bond acceptors (Lipinski definition) is 7. The Hall–Kier alpha value is -2.33. The number of amides is 2. The van der Waals surface area contributed by atoms with Gasteiger partial charge in [0.2, 0.25) is 5.91 Å². The molecule has 10 heteroatoms. The average Bonchev–Trinajstić information content (AvgIpc) is 3.10. The van der Waals surface area contributed by atoms with E-state index in [9.17, 15) is 9.59 Å². The fourth-order valence-electron chi connectivity index (χ4n) is 2.48. The molecule has 2 amide bonds. The predicted octanol–water partition coefficient (Wildman–Crippen LogP) is 0.804. The third kappa shape index (κ3) is 3.02. The minimum atomic E-state index is -0.520.